The van der Waals surface area contributed by atoms with Gasteiger partial charge in [0.2, 0.25) is 5.91 Å². The lowest BCUT2D eigenvalue weighted by molar-refractivity contribution is -0.119. The lowest BCUT2D eigenvalue weighted by Gasteiger charge is -2.18. The second-order valence-corrected chi connectivity index (χ2v) is 9.09. The predicted molar refractivity (Wildman–Crippen MR) is 127 cm³/mol. The van der Waals surface area contributed by atoms with Gasteiger partial charge in [0.1, 0.15) is 16.8 Å². The average Bonchev–Trinajstić information content (AvgIpc) is 3.27. The Labute approximate surface area is 198 Å². The zero-order chi connectivity index (χ0) is 24.6. The van der Waals surface area contributed by atoms with Gasteiger partial charge in [0.25, 0.3) is 16.0 Å². The number of aromatic nitrogens is 3. The van der Waals surface area contributed by atoms with Crippen LogP contribution in [0, 0.1) is 0 Å². The molecule has 3 aromatic rings. The van der Waals surface area contributed by atoms with Crippen LogP contribution in [-0.4, -0.2) is 39.3 Å². The number of hydrogen-bond donors (Lipinski definition) is 3. The molecule has 180 valence electrons. The maximum atomic E-state index is 13.0. The third-order valence-corrected chi connectivity index (χ3v) is 6.07. The molecule has 2 heterocycles. The summed E-state index contributed by atoms with van der Waals surface area (Å²) in [4.78, 5) is 33.4. The summed E-state index contributed by atoms with van der Waals surface area (Å²) in [7, 11) is -4.58. The molecular weight excluding hydrogens is 458 g/mol. The Morgan fingerprint density at radius 2 is 1.76 bits per heavy atom. The van der Waals surface area contributed by atoms with Crippen molar-refractivity contribution in [3.05, 3.63) is 66.7 Å². The van der Waals surface area contributed by atoms with Gasteiger partial charge in [0.15, 0.2) is 5.82 Å². The van der Waals surface area contributed by atoms with Crippen LogP contribution >= 0.6 is 0 Å². The molecule has 3 N–H and O–H groups in total. The maximum absolute atomic E-state index is 13.0. The molecule has 0 aliphatic rings. The first-order valence-corrected chi connectivity index (χ1v) is 12.4. The summed E-state index contributed by atoms with van der Waals surface area (Å²) in [6.07, 6.45) is 9.03. The minimum absolute atomic E-state index is 0.138. The summed E-state index contributed by atoms with van der Waals surface area (Å²) in [6, 6.07) is 9.94. The molecule has 1 aromatic carbocycles. The number of amides is 2. The van der Waals surface area contributed by atoms with E-state index in [1.54, 1.807) is 29.0 Å². The van der Waals surface area contributed by atoms with Crippen LogP contribution in [0.5, 0.6) is 0 Å². The summed E-state index contributed by atoms with van der Waals surface area (Å²) in [5.41, 5.74) is -0.219. The Hall–Kier alpha value is -3.57. The molecule has 10 nitrogen and oxygen atoms in total. The first-order chi connectivity index (χ1) is 16.3. The quantitative estimate of drug-likeness (QED) is 0.276. The Balaban J connectivity index is 1.78. The molecule has 3 rings (SSSR count). The number of anilines is 2. The van der Waals surface area contributed by atoms with Gasteiger partial charge in [0, 0.05) is 12.4 Å². The molecule has 0 fully saturated rings. The van der Waals surface area contributed by atoms with Gasteiger partial charge in [-0.15, -0.1) is 0 Å². The van der Waals surface area contributed by atoms with Gasteiger partial charge in [-0.2, -0.15) is 8.42 Å². The molecule has 0 radical (unpaired) electrons. The number of rotatable bonds is 11. The van der Waals surface area contributed by atoms with E-state index in [0.29, 0.717) is 12.2 Å². The first kappa shape index (κ1) is 25.1. The summed E-state index contributed by atoms with van der Waals surface area (Å²) >= 11 is 0. The van der Waals surface area contributed by atoms with Crippen molar-refractivity contribution < 1.29 is 22.6 Å². The van der Waals surface area contributed by atoms with E-state index in [-0.39, 0.29) is 17.3 Å². The highest BCUT2D eigenvalue weighted by Gasteiger charge is 2.23. The molecular formula is C23H27N5O5S. The minimum atomic E-state index is -4.58. The fourth-order valence-corrected chi connectivity index (χ4v) is 4.15. The van der Waals surface area contributed by atoms with Crippen molar-refractivity contribution in [2.24, 2.45) is 0 Å². The van der Waals surface area contributed by atoms with E-state index < -0.39 is 27.0 Å². The Bertz CT molecular complexity index is 1230. The number of carbonyl (C=O) groups is 2. The van der Waals surface area contributed by atoms with Gasteiger partial charge in [-0.3, -0.25) is 14.1 Å². The fraction of sp³-hybridized carbons (Fsp3) is 0.304. The molecule has 0 aliphatic carbocycles. The number of hydrogen-bond acceptors (Lipinski definition) is 6. The summed E-state index contributed by atoms with van der Waals surface area (Å²) < 4.78 is 34.2. The average molecular weight is 486 g/mol. The van der Waals surface area contributed by atoms with E-state index in [1.807, 2.05) is 0 Å². The topological polar surface area (TPSA) is 143 Å². The first-order valence-electron chi connectivity index (χ1n) is 10.9. The number of unbranched alkanes of at least 4 members (excludes halogenated alkanes) is 3. The van der Waals surface area contributed by atoms with E-state index in [4.69, 9.17) is 0 Å². The lowest BCUT2D eigenvalue weighted by Crippen LogP contribution is -2.26. The van der Waals surface area contributed by atoms with Crippen molar-refractivity contribution in [3.63, 3.8) is 0 Å². The number of nitrogens with one attached hydrogen (secondary N) is 2. The molecule has 1 unspecified atom stereocenters. The third kappa shape index (κ3) is 6.72. The minimum Gasteiger partial charge on any atom is -0.323 e. The Kier molecular flexibility index (Phi) is 8.50. The number of pyridine rings is 1. The fourth-order valence-electron chi connectivity index (χ4n) is 3.46. The molecule has 0 bridgehead atoms. The highest BCUT2D eigenvalue weighted by atomic mass is 32.2. The number of carbonyl (C=O) groups excluding carboxylic acids is 2. The van der Waals surface area contributed by atoms with Crippen LogP contribution in [0.15, 0.2) is 66.1 Å². The molecule has 2 amide bonds. The molecule has 0 saturated heterocycles. The van der Waals surface area contributed by atoms with Crippen LogP contribution < -0.4 is 10.6 Å². The largest absolute Gasteiger partial charge is 0.323 e. The predicted octanol–water partition coefficient (Wildman–Crippen LogP) is 3.93. The van der Waals surface area contributed by atoms with E-state index in [1.165, 1.54) is 30.7 Å². The van der Waals surface area contributed by atoms with Crippen LogP contribution in [0.2, 0.25) is 0 Å². The zero-order valence-electron chi connectivity index (χ0n) is 18.7. The maximum Gasteiger partial charge on any atom is 0.295 e. The van der Waals surface area contributed by atoms with E-state index >= 15 is 0 Å². The van der Waals surface area contributed by atoms with E-state index in [0.717, 1.165) is 31.7 Å². The van der Waals surface area contributed by atoms with Crippen molar-refractivity contribution >= 4 is 33.6 Å². The highest BCUT2D eigenvalue weighted by Crippen LogP contribution is 2.22. The van der Waals surface area contributed by atoms with Crippen molar-refractivity contribution in [2.75, 3.05) is 10.6 Å². The summed E-state index contributed by atoms with van der Waals surface area (Å²) in [6.45, 7) is 2.11. The highest BCUT2D eigenvalue weighted by molar-refractivity contribution is 7.86. The van der Waals surface area contributed by atoms with Crippen LogP contribution in [0.4, 0.5) is 11.6 Å². The summed E-state index contributed by atoms with van der Waals surface area (Å²) in [5, 5.41) is 5.32. The van der Waals surface area contributed by atoms with E-state index in [2.05, 4.69) is 27.5 Å². The third-order valence-electron chi connectivity index (χ3n) is 5.16. The van der Waals surface area contributed by atoms with Gasteiger partial charge >= 0.3 is 0 Å². The monoisotopic (exact) mass is 485 g/mol. The summed E-state index contributed by atoms with van der Waals surface area (Å²) in [5.74, 6) is -0.445. The van der Waals surface area contributed by atoms with Crippen molar-refractivity contribution in [1.82, 2.24) is 14.5 Å². The standard InChI is InChI=1S/C23H27N5O5S/c1-2-3-4-5-11-18(23(30)26-20-13-8-9-14-24-20)28-15-21(25-16-28)27-22(29)17-10-6-7-12-19(17)34(31,32)33/h6-10,12-16,18H,2-5,11H2,1H3,(H,27,29)(H,24,26,30)(H,31,32,33). The van der Waals surface area contributed by atoms with Crippen molar-refractivity contribution in [1.29, 1.82) is 0 Å². The van der Waals surface area contributed by atoms with Crippen LogP contribution in [0.3, 0.4) is 0 Å². The Morgan fingerprint density at radius 3 is 2.47 bits per heavy atom. The van der Waals surface area contributed by atoms with Gasteiger partial charge in [-0.25, -0.2) is 9.97 Å². The second-order valence-electron chi connectivity index (χ2n) is 7.70. The van der Waals surface area contributed by atoms with E-state index in [9.17, 15) is 22.6 Å². The molecule has 0 spiro atoms. The number of nitrogens with zero attached hydrogens (tertiary/aromatic N) is 3. The molecule has 1 atom stereocenters. The van der Waals surface area contributed by atoms with Crippen LogP contribution in [0.25, 0.3) is 0 Å². The molecule has 11 heteroatoms. The second kappa shape index (κ2) is 11.5. The molecule has 34 heavy (non-hydrogen) atoms. The van der Waals surface area contributed by atoms with Crippen LogP contribution in [0.1, 0.15) is 55.4 Å². The SMILES string of the molecule is CCCCCCC(C(=O)Nc1ccccn1)n1cnc(NC(=O)c2ccccc2S(=O)(=O)O)c1. The number of benzene rings is 1. The van der Waals surface area contributed by atoms with Crippen molar-refractivity contribution in [2.45, 2.75) is 50.0 Å². The van der Waals surface area contributed by atoms with Gasteiger partial charge < -0.3 is 15.2 Å². The smallest absolute Gasteiger partial charge is 0.295 e. The molecule has 2 aromatic heterocycles. The van der Waals surface area contributed by atoms with Gasteiger partial charge in [0.05, 0.1) is 11.9 Å². The van der Waals surface area contributed by atoms with Crippen molar-refractivity contribution in [3.8, 4) is 0 Å². The zero-order valence-corrected chi connectivity index (χ0v) is 19.5. The number of imidazole rings is 1. The van der Waals surface area contributed by atoms with Crippen LogP contribution in [-0.2, 0) is 14.9 Å². The molecule has 0 saturated carbocycles. The normalized spacial score (nSPS) is 12.2. The van der Waals surface area contributed by atoms with Gasteiger partial charge in [-0.05, 0) is 30.7 Å². The lowest BCUT2D eigenvalue weighted by atomic mass is 10.1. The Morgan fingerprint density at radius 1 is 1.00 bits per heavy atom. The van der Waals surface area contributed by atoms with Gasteiger partial charge in [-0.1, -0.05) is 50.8 Å². The molecule has 0 aliphatic heterocycles.